The molecule has 3 saturated carbocycles. The molecule has 4 aliphatic rings. The first-order valence-electron chi connectivity index (χ1n) is 12.5. The fraction of sp³-hybridized carbons (Fsp3) is 0.821. The third kappa shape index (κ3) is 3.39. The van der Waals surface area contributed by atoms with Crippen LogP contribution in [0.3, 0.4) is 0 Å². The van der Waals surface area contributed by atoms with E-state index in [9.17, 15) is 4.79 Å². The number of Topliss-reactive ketones (excluding diaryl/α,β-unsaturated/α-hetero) is 1. The van der Waals surface area contributed by atoms with Crippen molar-refractivity contribution < 1.29 is 4.79 Å². The average molecular weight is 397 g/mol. The Bertz CT molecular complexity index is 686. The quantitative estimate of drug-likeness (QED) is 0.450. The van der Waals surface area contributed by atoms with Gasteiger partial charge in [0.2, 0.25) is 0 Å². The maximum atomic E-state index is 13.2. The molecule has 9 atom stereocenters. The molecule has 1 heteroatoms. The predicted octanol–water partition coefficient (Wildman–Crippen LogP) is 7.47. The van der Waals surface area contributed by atoms with Gasteiger partial charge in [0, 0.05) is 12.3 Å². The van der Waals surface area contributed by atoms with E-state index < -0.39 is 0 Å². The molecule has 4 rings (SSSR count). The Morgan fingerprint density at radius 3 is 2.41 bits per heavy atom. The molecular formula is C28H44O. The summed E-state index contributed by atoms with van der Waals surface area (Å²) in [6.45, 7) is 14.5. The number of ketones is 1. The zero-order chi connectivity index (χ0) is 21.0. The Labute approximate surface area is 179 Å². The molecule has 0 N–H and O–H groups in total. The van der Waals surface area contributed by atoms with Crippen LogP contribution in [0, 0.1) is 58.2 Å². The van der Waals surface area contributed by atoms with E-state index in [1.807, 2.05) is 0 Å². The largest absolute Gasteiger partial charge is 0.299 e. The lowest BCUT2D eigenvalue weighted by Crippen LogP contribution is -2.55. The van der Waals surface area contributed by atoms with Crippen LogP contribution in [0.15, 0.2) is 24.3 Å². The topological polar surface area (TPSA) is 17.1 Å². The van der Waals surface area contributed by atoms with E-state index in [1.54, 1.807) is 0 Å². The van der Waals surface area contributed by atoms with E-state index >= 15 is 0 Å². The van der Waals surface area contributed by atoms with Crippen LogP contribution in [-0.2, 0) is 4.79 Å². The van der Waals surface area contributed by atoms with Crippen LogP contribution in [-0.4, -0.2) is 5.78 Å². The summed E-state index contributed by atoms with van der Waals surface area (Å²) in [6, 6.07) is 0. The van der Waals surface area contributed by atoms with Crippen LogP contribution < -0.4 is 0 Å². The lowest BCUT2D eigenvalue weighted by atomic mass is 9.45. The van der Waals surface area contributed by atoms with Crippen LogP contribution in [0.5, 0.6) is 0 Å². The van der Waals surface area contributed by atoms with Gasteiger partial charge in [-0.3, -0.25) is 4.79 Å². The molecule has 0 heterocycles. The Kier molecular flexibility index (Phi) is 5.67. The number of allylic oxidation sites excluding steroid dienone is 4. The summed E-state index contributed by atoms with van der Waals surface area (Å²) in [7, 11) is 0. The number of rotatable bonds is 4. The minimum atomic E-state index is 0.229. The average Bonchev–Trinajstić information content (AvgIpc) is 3.03. The standard InChI is InChI=1S/C28H44O/c1-18(2)19(3)10-11-20(4)22-12-13-23-21-17-26(29)25-9-7-8-15-27(25,5)24(21)14-16-28(22,23)6/h7-8,10-11,18-25H,9,12-17H2,1-6H3/b11-10+/t19-,20-,21+,22-,23+,24+,25-,27-,28-/m1/s1. The summed E-state index contributed by atoms with van der Waals surface area (Å²) >= 11 is 0. The summed E-state index contributed by atoms with van der Waals surface area (Å²) in [5, 5.41) is 0. The van der Waals surface area contributed by atoms with Gasteiger partial charge in [0.05, 0.1) is 0 Å². The fourth-order valence-electron chi connectivity index (χ4n) is 8.27. The maximum Gasteiger partial charge on any atom is 0.137 e. The van der Waals surface area contributed by atoms with Crippen molar-refractivity contribution in [2.75, 3.05) is 0 Å². The third-order valence-corrected chi connectivity index (χ3v) is 10.5. The van der Waals surface area contributed by atoms with Gasteiger partial charge >= 0.3 is 0 Å². The lowest BCUT2D eigenvalue weighted by molar-refractivity contribution is -0.149. The van der Waals surface area contributed by atoms with Gasteiger partial charge in [-0.15, -0.1) is 0 Å². The summed E-state index contributed by atoms with van der Waals surface area (Å²) in [4.78, 5) is 13.2. The van der Waals surface area contributed by atoms with Crippen molar-refractivity contribution in [3.63, 3.8) is 0 Å². The molecule has 1 nitrogen and oxygen atoms in total. The second kappa shape index (κ2) is 7.69. The Morgan fingerprint density at radius 2 is 1.69 bits per heavy atom. The van der Waals surface area contributed by atoms with Gasteiger partial charge < -0.3 is 0 Å². The van der Waals surface area contributed by atoms with Crippen LogP contribution in [0.25, 0.3) is 0 Å². The fourth-order valence-corrected chi connectivity index (χ4v) is 8.27. The number of hydrogen-bond donors (Lipinski definition) is 0. The van der Waals surface area contributed by atoms with Crippen molar-refractivity contribution in [3.8, 4) is 0 Å². The van der Waals surface area contributed by atoms with E-state index in [2.05, 4.69) is 65.8 Å². The summed E-state index contributed by atoms with van der Waals surface area (Å²) in [6.07, 6.45) is 18.1. The first-order valence-corrected chi connectivity index (χ1v) is 12.5. The zero-order valence-corrected chi connectivity index (χ0v) is 19.8. The predicted molar refractivity (Wildman–Crippen MR) is 122 cm³/mol. The van der Waals surface area contributed by atoms with Gasteiger partial charge in [-0.1, -0.05) is 65.8 Å². The van der Waals surface area contributed by atoms with Crippen molar-refractivity contribution in [2.24, 2.45) is 58.2 Å². The third-order valence-electron chi connectivity index (χ3n) is 10.5. The van der Waals surface area contributed by atoms with Gasteiger partial charge in [0.25, 0.3) is 0 Å². The number of fused-ring (bicyclic) bond motifs is 5. The van der Waals surface area contributed by atoms with Gasteiger partial charge in [-0.25, -0.2) is 0 Å². The van der Waals surface area contributed by atoms with Crippen LogP contribution in [0.1, 0.15) is 86.5 Å². The van der Waals surface area contributed by atoms with Crippen molar-refractivity contribution in [1.82, 2.24) is 0 Å². The van der Waals surface area contributed by atoms with E-state index in [0.717, 1.165) is 37.0 Å². The Morgan fingerprint density at radius 1 is 0.966 bits per heavy atom. The molecule has 162 valence electrons. The second-order valence-corrected chi connectivity index (χ2v) is 12.1. The highest BCUT2D eigenvalue weighted by Gasteiger charge is 2.61. The SMILES string of the molecule is CC(C)[C@H](C)/C=C/[C@@H](C)[C@H]1CC[C@H]2[C@@H]3CC(=O)[C@H]4CC=CC[C@]4(C)[C@H]3CC[C@]12C. The molecule has 0 aromatic rings. The van der Waals surface area contributed by atoms with E-state index in [-0.39, 0.29) is 5.41 Å². The highest BCUT2D eigenvalue weighted by atomic mass is 16.1. The van der Waals surface area contributed by atoms with Gasteiger partial charge in [-0.2, -0.15) is 0 Å². The van der Waals surface area contributed by atoms with Crippen LogP contribution in [0.4, 0.5) is 0 Å². The molecule has 0 amide bonds. The Balaban J connectivity index is 1.55. The highest BCUT2D eigenvalue weighted by molar-refractivity contribution is 5.83. The number of carbonyl (C=O) groups excluding carboxylic acids is 1. The minimum Gasteiger partial charge on any atom is -0.299 e. The molecule has 4 aliphatic carbocycles. The molecule has 0 unspecified atom stereocenters. The van der Waals surface area contributed by atoms with Crippen LogP contribution >= 0.6 is 0 Å². The van der Waals surface area contributed by atoms with Gasteiger partial charge in [0.15, 0.2) is 0 Å². The monoisotopic (exact) mass is 396 g/mol. The van der Waals surface area contributed by atoms with Crippen LogP contribution in [0.2, 0.25) is 0 Å². The van der Waals surface area contributed by atoms with Gasteiger partial charge in [-0.05, 0) is 90.8 Å². The minimum absolute atomic E-state index is 0.229. The summed E-state index contributed by atoms with van der Waals surface area (Å²) in [5.41, 5.74) is 0.659. The molecule has 0 radical (unpaired) electrons. The maximum absolute atomic E-state index is 13.2. The van der Waals surface area contributed by atoms with E-state index in [1.165, 1.54) is 25.7 Å². The smallest absolute Gasteiger partial charge is 0.137 e. The number of carbonyl (C=O) groups is 1. The normalized spacial score (nSPS) is 46.4. The molecule has 0 spiro atoms. The summed E-state index contributed by atoms with van der Waals surface area (Å²) in [5.74, 6) is 5.87. The van der Waals surface area contributed by atoms with Crippen molar-refractivity contribution in [1.29, 1.82) is 0 Å². The second-order valence-electron chi connectivity index (χ2n) is 12.1. The molecule has 0 saturated heterocycles. The van der Waals surface area contributed by atoms with Crippen molar-refractivity contribution in [3.05, 3.63) is 24.3 Å². The molecule has 0 aromatic carbocycles. The van der Waals surface area contributed by atoms with Crippen molar-refractivity contribution in [2.45, 2.75) is 86.5 Å². The lowest BCUT2D eigenvalue weighted by Gasteiger charge is -2.59. The van der Waals surface area contributed by atoms with E-state index in [0.29, 0.717) is 40.8 Å². The molecule has 3 fully saturated rings. The van der Waals surface area contributed by atoms with Crippen molar-refractivity contribution >= 4 is 5.78 Å². The molecule has 29 heavy (non-hydrogen) atoms. The first kappa shape index (κ1) is 21.4. The number of hydrogen-bond acceptors (Lipinski definition) is 1. The van der Waals surface area contributed by atoms with E-state index in [4.69, 9.17) is 0 Å². The zero-order valence-electron chi connectivity index (χ0n) is 19.8. The van der Waals surface area contributed by atoms with Gasteiger partial charge in [0.1, 0.15) is 5.78 Å². The molecule has 0 aromatic heterocycles. The highest BCUT2D eigenvalue weighted by Crippen LogP contribution is 2.67. The summed E-state index contributed by atoms with van der Waals surface area (Å²) < 4.78 is 0. The molecule has 0 aliphatic heterocycles. The molecule has 0 bridgehead atoms. The first-order chi connectivity index (χ1) is 13.7. The Hall–Kier alpha value is -0.850. The molecular weight excluding hydrogens is 352 g/mol.